The van der Waals surface area contributed by atoms with E-state index in [2.05, 4.69) is 22.5 Å². The van der Waals surface area contributed by atoms with Gasteiger partial charge in [0.1, 0.15) is 6.54 Å². The van der Waals surface area contributed by atoms with Crippen LogP contribution in [0.3, 0.4) is 0 Å². The summed E-state index contributed by atoms with van der Waals surface area (Å²) in [5, 5.41) is 5.48. The van der Waals surface area contributed by atoms with Gasteiger partial charge in [0.25, 0.3) is 0 Å². The molecule has 0 saturated carbocycles. The summed E-state index contributed by atoms with van der Waals surface area (Å²) in [4.78, 5) is 22.3. The van der Waals surface area contributed by atoms with Crippen LogP contribution in [0.25, 0.3) is 22.9 Å². The Morgan fingerprint density at radius 2 is 2.04 bits per heavy atom. The number of aromatic nitrogens is 3. The molecule has 5 nitrogen and oxygen atoms in total. The fraction of sp³-hybridized carbons (Fsp3) is 0.167. The van der Waals surface area contributed by atoms with Gasteiger partial charge in [-0.3, -0.25) is 9.78 Å². The van der Waals surface area contributed by atoms with Gasteiger partial charge in [-0.05, 0) is 37.1 Å². The molecule has 0 aliphatic heterocycles. The number of imidazole rings is 1. The maximum atomic E-state index is 12.5. The number of hydrogen-bond acceptors (Lipinski definition) is 4. The van der Waals surface area contributed by atoms with Crippen LogP contribution in [-0.4, -0.2) is 20.4 Å². The van der Waals surface area contributed by atoms with E-state index in [9.17, 15) is 4.79 Å². The van der Waals surface area contributed by atoms with Gasteiger partial charge in [0.2, 0.25) is 5.91 Å². The average Bonchev–Trinajstić information content (AvgIpc) is 3.25. The largest absolute Gasteiger partial charge is 0.325 e. The Kier molecular flexibility index (Phi) is 4.38. The van der Waals surface area contributed by atoms with Crippen molar-refractivity contribution in [1.29, 1.82) is 0 Å². The molecule has 0 spiro atoms. The highest BCUT2D eigenvalue weighted by Gasteiger charge is 2.15. The summed E-state index contributed by atoms with van der Waals surface area (Å²) in [6.45, 7) is 0.197. The number of nitrogens with zero attached hydrogens (tertiary/aromatic N) is 3. The minimum Gasteiger partial charge on any atom is -0.325 e. The van der Waals surface area contributed by atoms with Gasteiger partial charge in [-0.1, -0.05) is 23.8 Å². The van der Waals surface area contributed by atoms with Crippen LogP contribution in [0, 0.1) is 0 Å². The number of thiazole rings is 1. The van der Waals surface area contributed by atoms with E-state index in [4.69, 9.17) is 16.6 Å². The standard InChI is InChI=1S/C18H15ClN4OS/c19-12-5-7-13(8-6-12)21-17(24)10-23-15-4-2-1-3-14(15)22-18(23)16-9-20-11-25-16/h3-9,11H,1-2,10H2,(H,21,24). The molecule has 126 valence electrons. The van der Waals surface area contributed by atoms with Gasteiger partial charge in [-0.25, -0.2) is 4.98 Å². The van der Waals surface area contributed by atoms with Gasteiger partial charge < -0.3 is 9.88 Å². The van der Waals surface area contributed by atoms with E-state index in [1.165, 1.54) is 11.3 Å². The third kappa shape index (κ3) is 3.36. The van der Waals surface area contributed by atoms with Gasteiger partial charge in [0.15, 0.2) is 5.82 Å². The minimum absolute atomic E-state index is 0.104. The third-order valence-corrected chi connectivity index (χ3v) is 4.98. The lowest BCUT2D eigenvalue weighted by Crippen LogP contribution is -2.34. The second-order valence-electron chi connectivity index (χ2n) is 5.70. The molecule has 0 radical (unpaired) electrons. The second kappa shape index (κ2) is 6.82. The first kappa shape index (κ1) is 16.1. The number of rotatable bonds is 4. The summed E-state index contributed by atoms with van der Waals surface area (Å²) in [5.74, 6) is 0.681. The minimum atomic E-state index is -0.104. The lowest BCUT2D eigenvalue weighted by atomic mass is 10.2. The van der Waals surface area contributed by atoms with Crippen molar-refractivity contribution in [2.75, 3.05) is 5.32 Å². The monoisotopic (exact) mass is 370 g/mol. The lowest BCUT2D eigenvalue weighted by molar-refractivity contribution is -0.116. The van der Waals surface area contributed by atoms with E-state index in [1.807, 2.05) is 4.57 Å². The molecule has 0 bridgehead atoms. The highest BCUT2D eigenvalue weighted by molar-refractivity contribution is 7.13. The molecular formula is C18H15ClN4OS. The van der Waals surface area contributed by atoms with Gasteiger partial charge in [0, 0.05) is 16.9 Å². The number of halogens is 1. The van der Waals surface area contributed by atoms with Crippen molar-refractivity contribution in [1.82, 2.24) is 14.5 Å². The van der Waals surface area contributed by atoms with Gasteiger partial charge in [-0.2, -0.15) is 0 Å². The summed E-state index contributed by atoms with van der Waals surface area (Å²) in [6.07, 6.45) is 7.98. The van der Waals surface area contributed by atoms with E-state index in [0.717, 1.165) is 39.9 Å². The Morgan fingerprint density at radius 3 is 2.80 bits per heavy atom. The maximum Gasteiger partial charge on any atom is 0.244 e. The quantitative estimate of drug-likeness (QED) is 0.768. The molecule has 1 N–H and O–H groups in total. The van der Waals surface area contributed by atoms with E-state index in [0.29, 0.717) is 5.02 Å². The Labute approximate surface area is 153 Å². The summed E-state index contributed by atoms with van der Waals surface area (Å²) >= 11 is 7.40. The summed E-state index contributed by atoms with van der Waals surface area (Å²) < 4.78 is 1.96. The summed E-state index contributed by atoms with van der Waals surface area (Å²) in [5.41, 5.74) is 2.49. The lowest BCUT2D eigenvalue weighted by Gasteiger charge is -2.09. The van der Waals surface area contributed by atoms with Gasteiger partial charge in [-0.15, -0.1) is 11.3 Å². The third-order valence-electron chi connectivity index (χ3n) is 3.96. The number of nitrogens with one attached hydrogen (secondary N) is 1. The van der Waals surface area contributed by atoms with E-state index in [1.54, 1.807) is 36.0 Å². The molecular weight excluding hydrogens is 356 g/mol. The molecule has 0 fully saturated rings. The molecule has 1 amide bonds. The molecule has 0 saturated heterocycles. The molecule has 2 heterocycles. The van der Waals surface area contributed by atoms with Crippen molar-refractivity contribution in [2.24, 2.45) is 0 Å². The highest BCUT2D eigenvalue weighted by Crippen LogP contribution is 2.20. The average molecular weight is 371 g/mol. The molecule has 0 atom stereocenters. The Hall–Kier alpha value is -2.44. The van der Waals surface area contributed by atoms with Crippen LogP contribution in [0.2, 0.25) is 5.02 Å². The van der Waals surface area contributed by atoms with Crippen molar-refractivity contribution in [2.45, 2.75) is 19.4 Å². The number of carbonyl (C=O) groups is 1. The van der Waals surface area contributed by atoms with Crippen molar-refractivity contribution in [3.63, 3.8) is 0 Å². The van der Waals surface area contributed by atoms with Crippen LogP contribution in [0.1, 0.15) is 12.8 Å². The maximum absolute atomic E-state index is 12.5. The van der Waals surface area contributed by atoms with Crippen LogP contribution >= 0.6 is 22.9 Å². The molecule has 1 aromatic carbocycles. The normalized spacial score (nSPS) is 12.8. The van der Waals surface area contributed by atoms with Crippen molar-refractivity contribution >= 4 is 46.7 Å². The number of fused-ring (bicyclic) bond motifs is 1. The van der Waals surface area contributed by atoms with Crippen molar-refractivity contribution < 1.29 is 4.79 Å². The van der Waals surface area contributed by atoms with Crippen LogP contribution in [0.15, 0.2) is 36.0 Å². The van der Waals surface area contributed by atoms with E-state index in [-0.39, 0.29) is 12.5 Å². The highest BCUT2D eigenvalue weighted by atomic mass is 35.5. The topological polar surface area (TPSA) is 59.8 Å². The Bertz CT molecular complexity index is 1020. The summed E-state index contributed by atoms with van der Waals surface area (Å²) in [7, 11) is 0. The predicted octanol–water partition coefficient (Wildman–Crippen LogP) is 2.65. The first-order chi connectivity index (χ1) is 12.2. The zero-order chi connectivity index (χ0) is 17.2. The van der Waals surface area contributed by atoms with Crippen LogP contribution in [-0.2, 0) is 11.3 Å². The summed E-state index contributed by atoms with van der Waals surface area (Å²) in [6, 6.07) is 7.07. The molecule has 3 aromatic rings. The van der Waals surface area contributed by atoms with Crippen LogP contribution in [0.5, 0.6) is 0 Å². The number of amides is 1. The molecule has 1 aliphatic rings. The fourth-order valence-corrected chi connectivity index (χ4v) is 3.59. The first-order valence-electron chi connectivity index (χ1n) is 7.92. The molecule has 1 aliphatic carbocycles. The second-order valence-corrected chi connectivity index (χ2v) is 7.02. The molecule has 25 heavy (non-hydrogen) atoms. The Balaban J connectivity index is 1.67. The molecule has 4 rings (SSSR count). The van der Waals surface area contributed by atoms with E-state index >= 15 is 0 Å². The predicted molar refractivity (Wildman–Crippen MR) is 101 cm³/mol. The number of benzene rings is 1. The number of carbonyl (C=O) groups excluding carboxylic acids is 1. The molecule has 7 heteroatoms. The van der Waals surface area contributed by atoms with Crippen molar-refractivity contribution in [3.8, 4) is 10.7 Å². The zero-order valence-corrected chi connectivity index (χ0v) is 14.8. The van der Waals surface area contributed by atoms with E-state index < -0.39 is 0 Å². The number of hydrogen-bond donors (Lipinski definition) is 1. The SMILES string of the molecule is O=C(Cn1c(-c2cncs2)nc2c1=CCCC=2)Nc1ccc(Cl)cc1. The van der Waals surface area contributed by atoms with Gasteiger partial charge >= 0.3 is 0 Å². The van der Waals surface area contributed by atoms with Crippen LogP contribution in [0.4, 0.5) is 5.69 Å². The molecule has 2 aromatic heterocycles. The first-order valence-corrected chi connectivity index (χ1v) is 9.18. The number of anilines is 1. The van der Waals surface area contributed by atoms with Crippen molar-refractivity contribution in [3.05, 3.63) is 51.7 Å². The van der Waals surface area contributed by atoms with Gasteiger partial charge in [0.05, 0.1) is 21.1 Å². The smallest absolute Gasteiger partial charge is 0.244 e. The van der Waals surface area contributed by atoms with Crippen LogP contribution < -0.4 is 16.0 Å². The fourth-order valence-electron chi connectivity index (χ4n) is 2.84. The zero-order valence-electron chi connectivity index (χ0n) is 13.3. The molecule has 0 unspecified atom stereocenters. The Morgan fingerprint density at radius 1 is 1.24 bits per heavy atom.